The lowest BCUT2D eigenvalue weighted by Crippen LogP contribution is -2.31. The minimum atomic E-state index is -3.54. The molecule has 12 rings (SSSR count). The second-order valence-electron chi connectivity index (χ2n) is 20.7. The molecule has 5 aliphatic heterocycles. The summed E-state index contributed by atoms with van der Waals surface area (Å²) in [6.45, 7) is 9.27. The highest BCUT2D eigenvalue weighted by Gasteiger charge is 2.29. The van der Waals surface area contributed by atoms with Crippen LogP contribution in [0.3, 0.4) is 0 Å². The molecule has 1 saturated heterocycles. The molecule has 26 nitrogen and oxygen atoms in total. The number of fused-ring (bicyclic) bond motifs is 4. The number of ether oxygens (including phenoxy) is 4. The Hall–Kier alpha value is -8.58. The molecular weight excluding hydrogens is 1190 g/mol. The number of nitrogens with zero attached hydrogens (tertiary/aromatic N) is 8. The number of aromatic nitrogens is 4. The molecule has 0 atom stereocenters. The molecule has 0 bridgehead atoms. The number of hydrogen-bond donors (Lipinski definition) is 5. The standard InChI is InChI=1S/2C14H16N4O3S.C14H19N3O3S.C14H14N2O4S/c1-9-6-11(16-18(9)2)7-21-12-5-3-4-10-8-22(19,20)17-14(15)13(10)12;1-9-6-11(18(2)16-9)7-21-12-5-3-4-10-8-22(19,20)17-14(15)13(10)12;15-14-13-11(9-21(18,19)17-14)2-1-3-12(13)20-8-10-4-6-16-7-5-10;1-9-5-10(6-19-9)7-20-12-4-2-3-11-8-21(17,18)16-14(15)13(11)12/h2*3-6H,7-8H2,1-2H3,(H2,15,17);1-3,10,16H,4-9H2,(H2,15,17);2-6H,7-8H2,1H3,(H2,15,16). The van der Waals surface area contributed by atoms with Gasteiger partial charge in [-0.1, -0.05) is 48.5 Å². The van der Waals surface area contributed by atoms with Crippen LogP contribution >= 0.6 is 0 Å². The Balaban J connectivity index is 0.000000137. The number of sulfonamides is 4. The van der Waals surface area contributed by atoms with Crippen molar-refractivity contribution in [2.75, 3.05) is 19.7 Å². The van der Waals surface area contributed by atoms with Crippen LogP contribution in [0.4, 0.5) is 0 Å². The lowest BCUT2D eigenvalue weighted by atomic mass is 9.99. The van der Waals surface area contributed by atoms with Crippen molar-refractivity contribution >= 4 is 63.4 Å². The Bertz CT molecular complexity index is 4300. The summed E-state index contributed by atoms with van der Waals surface area (Å²) in [7, 11) is -10.4. The van der Waals surface area contributed by atoms with Gasteiger partial charge in [0.05, 0.1) is 69.5 Å². The smallest absolute Gasteiger partial charge is 0.259 e. The molecule has 1 fully saturated rings. The summed E-state index contributed by atoms with van der Waals surface area (Å²) in [5.41, 5.74) is 32.4. The van der Waals surface area contributed by atoms with Gasteiger partial charge in [-0.05, 0) is 117 Å². The van der Waals surface area contributed by atoms with Crippen LogP contribution in [0.1, 0.15) is 91.4 Å². The fourth-order valence-corrected chi connectivity index (χ4v) is 14.3. The Morgan fingerprint density at radius 3 is 1.30 bits per heavy atom. The highest BCUT2D eigenvalue weighted by molar-refractivity contribution is 7.90. The molecule has 86 heavy (non-hydrogen) atoms. The van der Waals surface area contributed by atoms with Crippen LogP contribution in [-0.2, 0) is 97.0 Å². The van der Waals surface area contributed by atoms with Crippen molar-refractivity contribution in [3.05, 3.63) is 176 Å². The summed E-state index contributed by atoms with van der Waals surface area (Å²) in [6, 6.07) is 26.7. The molecule has 456 valence electrons. The topological polar surface area (TPSA) is 388 Å². The van der Waals surface area contributed by atoms with Crippen molar-refractivity contribution in [2.45, 2.75) is 76.4 Å². The van der Waals surface area contributed by atoms with Crippen LogP contribution in [0.25, 0.3) is 0 Å². The van der Waals surface area contributed by atoms with Crippen LogP contribution in [0.2, 0.25) is 0 Å². The zero-order valence-electron chi connectivity index (χ0n) is 47.6. The number of furan rings is 1. The largest absolute Gasteiger partial charge is 0.493 e. The van der Waals surface area contributed by atoms with Gasteiger partial charge in [0.1, 0.15) is 77.6 Å². The molecule has 30 heteroatoms. The van der Waals surface area contributed by atoms with Gasteiger partial charge >= 0.3 is 0 Å². The predicted octanol–water partition coefficient (Wildman–Crippen LogP) is 4.04. The second-order valence-corrected chi connectivity index (χ2v) is 27.2. The molecule has 0 aliphatic carbocycles. The molecule has 0 radical (unpaired) electrons. The van der Waals surface area contributed by atoms with Gasteiger partial charge in [0, 0.05) is 25.4 Å². The van der Waals surface area contributed by atoms with Gasteiger partial charge in [0.2, 0.25) is 0 Å². The normalized spacial score (nSPS) is 17.4. The van der Waals surface area contributed by atoms with E-state index >= 15 is 0 Å². The second kappa shape index (κ2) is 25.6. The third-order valence-corrected chi connectivity index (χ3v) is 18.5. The van der Waals surface area contributed by atoms with Gasteiger partial charge in [-0.2, -0.15) is 10.2 Å². The maximum Gasteiger partial charge on any atom is 0.259 e. The van der Waals surface area contributed by atoms with Gasteiger partial charge in [-0.25, -0.2) is 33.7 Å². The van der Waals surface area contributed by atoms with Crippen LogP contribution < -0.4 is 47.2 Å². The summed E-state index contributed by atoms with van der Waals surface area (Å²) in [4.78, 5) is 0. The fourth-order valence-electron chi connectivity index (χ4n) is 9.93. The number of nitrogens with one attached hydrogen (secondary N) is 1. The van der Waals surface area contributed by atoms with Gasteiger partial charge in [0.25, 0.3) is 40.1 Å². The van der Waals surface area contributed by atoms with Gasteiger partial charge in [0.15, 0.2) is 0 Å². The highest BCUT2D eigenvalue weighted by Crippen LogP contribution is 2.33. The first-order valence-electron chi connectivity index (χ1n) is 26.8. The van der Waals surface area contributed by atoms with E-state index in [0.29, 0.717) is 93.2 Å². The molecule has 0 unspecified atom stereocenters. The molecular formula is C56H65N13O13S4. The Morgan fingerprint density at radius 2 is 0.930 bits per heavy atom. The Kier molecular flexibility index (Phi) is 18.4. The molecule has 0 amide bonds. The highest BCUT2D eigenvalue weighted by atomic mass is 32.2. The number of aryl methyl sites for hydroxylation is 5. The van der Waals surface area contributed by atoms with Gasteiger partial charge < -0.3 is 51.6 Å². The lowest BCUT2D eigenvalue weighted by molar-refractivity contribution is 0.215. The van der Waals surface area contributed by atoms with E-state index in [1.807, 2.05) is 59.1 Å². The first-order valence-corrected chi connectivity index (χ1v) is 33.2. The molecule has 5 aliphatic rings. The summed E-state index contributed by atoms with van der Waals surface area (Å²) >= 11 is 0. The number of benzene rings is 4. The van der Waals surface area contributed by atoms with E-state index in [1.165, 1.54) is 0 Å². The van der Waals surface area contributed by atoms with Crippen molar-refractivity contribution in [1.29, 1.82) is 0 Å². The summed E-state index contributed by atoms with van der Waals surface area (Å²) in [5.74, 6) is 2.82. The fraction of sp³-hybridized carbons (Fsp3) is 0.321. The van der Waals surface area contributed by atoms with Gasteiger partial charge in [-0.3, -0.25) is 9.36 Å². The number of hydrogen-bond acceptors (Lipinski definition) is 20. The van der Waals surface area contributed by atoms with E-state index in [4.69, 9.17) is 46.3 Å². The van der Waals surface area contributed by atoms with E-state index in [-0.39, 0.29) is 53.0 Å². The van der Waals surface area contributed by atoms with E-state index in [9.17, 15) is 33.7 Å². The molecule has 4 aromatic carbocycles. The molecule has 9 N–H and O–H groups in total. The molecule has 8 heterocycles. The molecule has 3 aromatic heterocycles. The summed E-state index contributed by atoms with van der Waals surface area (Å²) in [5, 5.41) is 11.9. The average molecular weight is 1260 g/mol. The van der Waals surface area contributed by atoms with E-state index in [0.717, 1.165) is 60.0 Å². The lowest BCUT2D eigenvalue weighted by Gasteiger charge is -2.24. The summed E-state index contributed by atoms with van der Waals surface area (Å²) < 4.78 is 139. The van der Waals surface area contributed by atoms with Crippen molar-refractivity contribution in [2.24, 2.45) is 60.5 Å². The van der Waals surface area contributed by atoms with E-state index < -0.39 is 40.1 Å². The van der Waals surface area contributed by atoms with Crippen molar-refractivity contribution in [3.63, 3.8) is 0 Å². The van der Waals surface area contributed by atoms with Crippen LogP contribution in [-0.4, -0.2) is 96.3 Å². The van der Waals surface area contributed by atoms with E-state index in [1.54, 1.807) is 82.4 Å². The first kappa shape index (κ1) is 62.0. The molecule has 0 spiro atoms. The third kappa shape index (κ3) is 15.5. The van der Waals surface area contributed by atoms with Crippen LogP contribution in [0.15, 0.2) is 119 Å². The zero-order valence-corrected chi connectivity index (χ0v) is 50.9. The predicted molar refractivity (Wildman–Crippen MR) is 323 cm³/mol. The molecule has 7 aromatic rings. The zero-order chi connectivity index (χ0) is 61.7. The minimum absolute atomic E-state index is 0.0251. The third-order valence-electron chi connectivity index (χ3n) is 13.9. The monoisotopic (exact) mass is 1260 g/mol. The van der Waals surface area contributed by atoms with Crippen LogP contribution in [0, 0.1) is 26.7 Å². The quantitative estimate of drug-likeness (QED) is 0.115. The SMILES string of the molecule is Cc1cc(COc2cccc3c2C(N)=NS(=O)(=O)C3)co1.Cc1cc(COc2cccc3c2C(N)=NS(=O)(=O)C3)n(C)n1.Cc1cc(COc2cccc3c2C(N)=NS(=O)(=O)C3)nn1C.NC1=NS(=O)(=O)Cc2cccc(OCC3CCNCC3)c21. The first-order chi connectivity index (χ1) is 40.7. The number of amidine groups is 4. The molecule has 0 saturated carbocycles. The summed E-state index contributed by atoms with van der Waals surface area (Å²) in [6.07, 6.45) is 3.80. The Morgan fingerprint density at radius 1 is 0.523 bits per heavy atom. The number of nitrogens with two attached hydrogens (primary N) is 4. The number of piperidine rings is 1. The minimum Gasteiger partial charge on any atom is -0.493 e. The van der Waals surface area contributed by atoms with Crippen molar-refractivity contribution in [1.82, 2.24) is 24.9 Å². The van der Waals surface area contributed by atoms with Crippen LogP contribution in [0.5, 0.6) is 23.0 Å². The maximum absolute atomic E-state index is 11.6. The number of rotatable bonds is 12. The van der Waals surface area contributed by atoms with Crippen molar-refractivity contribution < 1.29 is 57.0 Å². The van der Waals surface area contributed by atoms with Gasteiger partial charge in [-0.15, -0.1) is 17.6 Å². The Labute approximate surface area is 498 Å². The average Bonchev–Trinajstić information content (AvgIpc) is 1.48. The van der Waals surface area contributed by atoms with E-state index in [2.05, 4.69) is 33.1 Å². The maximum atomic E-state index is 11.6. The van der Waals surface area contributed by atoms with Crippen molar-refractivity contribution in [3.8, 4) is 23.0 Å².